The lowest BCUT2D eigenvalue weighted by molar-refractivity contribution is 0.200. The number of hydrogen-bond donors (Lipinski definition) is 2. The molecule has 5 nitrogen and oxygen atoms in total. The maximum absolute atomic E-state index is 5.21. The molecule has 0 radical (unpaired) electrons. The van der Waals surface area contributed by atoms with Crippen LogP contribution in [0.4, 0.5) is 0 Å². The summed E-state index contributed by atoms with van der Waals surface area (Å²) in [5.74, 6) is 0.871. The Labute approximate surface area is 125 Å². The Morgan fingerprint density at radius 2 is 2.14 bits per heavy atom. The number of benzene rings is 1. The normalized spacial score (nSPS) is 19.6. The highest BCUT2D eigenvalue weighted by atomic mass is 16.5. The summed E-state index contributed by atoms with van der Waals surface area (Å²) in [5, 5.41) is 10.8. The first-order chi connectivity index (χ1) is 10.3. The van der Waals surface area contributed by atoms with E-state index in [1.165, 1.54) is 5.56 Å². The van der Waals surface area contributed by atoms with E-state index in [-0.39, 0.29) is 0 Å². The molecule has 0 bridgehead atoms. The fraction of sp³-hybridized carbons (Fsp3) is 0.438. The second kappa shape index (κ2) is 6.28. The van der Waals surface area contributed by atoms with Crippen molar-refractivity contribution in [3.63, 3.8) is 0 Å². The predicted molar refractivity (Wildman–Crippen MR) is 83.3 cm³/mol. The number of aromatic amines is 1. The minimum atomic E-state index is 0.551. The first-order valence-corrected chi connectivity index (χ1v) is 7.38. The molecule has 112 valence electrons. The molecule has 0 amide bonds. The first kappa shape index (κ1) is 14.1. The molecule has 2 aromatic rings. The van der Waals surface area contributed by atoms with Gasteiger partial charge in [-0.1, -0.05) is 0 Å². The average molecular weight is 286 g/mol. The smallest absolute Gasteiger partial charge is 0.118 e. The summed E-state index contributed by atoms with van der Waals surface area (Å²) >= 11 is 0. The monoisotopic (exact) mass is 286 g/mol. The van der Waals surface area contributed by atoms with Crippen LogP contribution >= 0.6 is 0 Å². The van der Waals surface area contributed by atoms with Crippen LogP contribution in [0.15, 0.2) is 30.5 Å². The molecule has 21 heavy (non-hydrogen) atoms. The van der Waals surface area contributed by atoms with Gasteiger partial charge < -0.3 is 10.1 Å². The number of piperazine rings is 1. The number of ether oxygens (including phenoxy) is 1. The third-order valence-electron chi connectivity index (χ3n) is 3.94. The zero-order valence-corrected chi connectivity index (χ0v) is 12.6. The van der Waals surface area contributed by atoms with Crippen LogP contribution in [0.25, 0.3) is 11.3 Å². The zero-order valence-electron chi connectivity index (χ0n) is 12.6. The van der Waals surface area contributed by atoms with Gasteiger partial charge in [-0.15, -0.1) is 0 Å². The molecule has 1 saturated heterocycles. The van der Waals surface area contributed by atoms with Crippen molar-refractivity contribution in [2.45, 2.75) is 19.5 Å². The topological polar surface area (TPSA) is 53.2 Å². The highest BCUT2D eigenvalue weighted by Crippen LogP contribution is 2.24. The maximum Gasteiger partial charge on any atom is 0.118 e. The van der Waals surface area contributed by atoms with Crippen LogP contribution in [-0.4, -0.2) is 47.9 Å². The van der Waals surface area contributed by atoms with Crippen molar-refractivity contribution in [1.29, 1.82) is 0 Å². The van der Waals surface area contributed by atoms with Gasteiger partial charge in [0.15, 0.2) is 0 Å². The molecule has 5 heteroatoms. The average Bonchev–Trinajstić information content (AvgIpc) is 2.95. The molecule has 2 N–H and O–H groups in total. The Bertz CT molecular complexity index is 578. The summed E-state index contributed by atoms with van der Waals surface area (Å²) in [6.45, 7) is 6.37. The molecule has 0 unspecified atom stereocenters. The molecule has 2 heterocycles. The molecular weight excluding hydrogens is 264 g/mol. The second-order valence-electron chi connectivity index (χ2n) is 5.59. The molecule has 1 aliphatic heterocycles. The van der Waals surface area contributed by atoms with E-state index in [9.17, 15) is 0 Å². The molecule has 0 saturated carbocycles. The molecule has 1 aliphatic rings. The van der Waals surface area contributed by atoms with Crippen LogP contribution < -0.4 is 10.1 Å². The van der Waals surface area contributed by atoms with Crippen LogP contribution in [0, 0.1) is 0 Å². The summed E-state index contributed by atoms with van der Waals surface area (Å²) in [5.41, 5.74) is 3.49. The fourth-order valence-electron chi connectivity index (χ4n) is 2.84. The van der Waals surface area contributed by atoms with Gasteiger partial charge in [-0.3, -0.25) is 10.00 Å². The van der Waals surface area contributed by atoms with E-state index in [4.69, 9.17) is 4.74 Å². The highest BCUT2D eigenvalue weighted by Gasteiger charge is 2.18. The van der Waals surface area contributed by atoms with Crippen LogP contribution in [0.3, 0.4) is 0 Å². The first-order valence-electron chi connectivity index (χ1n) is 7.38. The summed E-state index contributed by atoms with van der Waals surface area (Å²) in [6.07, 6.45) is 1.94. The Balaban J connectivity index is 1.76. The number of hydrogen-bond acceptors (Lipinski definition) is 4. The van der Waals surface area contributed by atoms with Crippen LogP contribution in [0.2, 0.25) is 0 Å². The van der Waals surface area contributed by atoms with Gasteiger partial charge in [-0.25, -0.2) is 0 Å². The molecule has 0 spiro atoms. The van der Waals surface area contributed by atoms with Crippen molar-refractivity contribution >= 4 is 0 Å². The second-order valence-corrected chi connectivity index (χ2v) is 5.59. The van der Waals surface area contributed by atoms with Crippen LogP contribution in [0.5, 0.6) is 5.75 Å². The summed E-state index contributed by atoms with van der Waals surface area (Å²) in [4.78, 5) is 2.47. The lowest BCUT2D eigenvalue weighted by Gasteiger charge is -2.31. The van der Waals surface area contributed by atoms with Crippen molar-refractivity contribution in [2.24, 2.45) is 0 Å². The van der Waals surface area contributed by atoms with Crippen LogP contribution in [-0.2, 0) is 6.54 Å². The Hall–Kier alpha value is -1.85. The summed E-state index contributed by atoms with van der Waals surface area (Å²) in [7, 11) is 1.68. The molecular formula is C16H22N4O. The van der Waals surface area contributed by atoms with Gasteiger partial charge in [0.25, 0.3) is 0 Å². The van der Waals surface area contributed by atoms with E-state index in [1.54, 1.807) is 7.11 Å². The fourth-order valence-corrected chi connectivity index (χ4v) is 2.84. The summed E-state index contributed by atoms with van der Waals surface area (Å²) < 4.78 is 5.21. The van der Waals surface area contributed by atoms with E-state index < -0.39 is 0 Å². The third-order valence-corrected chi connectivity index (χ3v) is 3.94. The van der Waals surface area contributed by atoms with Gasteiger partial charge in [0, 0.05) is 43.3 Å². The SMILES string of the molecule is COc1ccc(-c2[nH]ncc2CN2CCN[C@H](C)C2)cc1. The van der Waals surface area contributed by atoms with Gasteiger partial charge in [0.05, 0.1) is 19.0 Å². The largest absolute Gasteiger partial charge is 0.497 e. The molecule has 0 aliphatic carbocycles. The van der Waals surface area contributed by atoms with E-state index in [0.29, 0.717) is 6.04 Å². The number of rotatable bonds is 4. The lowest BCUT2D eigenvalue weighted by Crippen LogP contribution is -2.48. The standard InChI is InChI=1S/C16H22N4O/c1-12-10-20(8-7-17-12)11-14-9-18-19-16(14)13-3-5-15(21-2)6-4-13/h3-6,9,12,17H,7-8,10-11H2,1-2H3,(H,18,19)/t12-/m1/s1. The van der Waals surface area contributed by atoms with Crippen molar-refractivity contribution in [3.8, 4) is 17.0 Å². The van der Waals surface area contributed by atoms with E-state index in [1.807, 2.05) is 18.3 Å². The number of methoxy groups -OCH3 is 1. The zero-order chi connectivity index (χ0) is 14.7. The van der Waals surface area contributed by atoms with E-state index in [0.717, 1.165) is 43.2 Å². The van der Waals surface area contributed by atoms with Gasteiger partial charge >= 0.3 is 0 Å². The lowest BCUT2D eigenvalue weighted by atomic mass is 10.1. The Morgan fingerprint density at radius 3 is 2.86 bits per heavy atom. The van der Waals surface area contributed by atoms with Crippen molar-refractivity contribution in [2.75, 3.05) is 26.7 Å². The summed E-state index contributed by atoms with van der Waals surface area (Å²) in [6, 6.07) is 8.64. The van der Waals surface area contributed by atoms with Gasteiger partial charge in [0.1, 0.15) is 5.75 Å². The van der Waals surface area contributed by atoms with Crippen molar-refractivity contribution < 1.29 is 4.74 Å². The number of H-pyrrole nitrogens is 1. The van der Waals surface area contributed by atoms with E-state index >= 15 is 0 Å². The molecule has 1 aromatic carbocycles. The number of nitrogens with zero attached hydrogens (tertiary/aromatic N) is 2. The van der Waals surface area contributed by atoms with Crippen LogP contribution in [0.1, 0.15) is 12.5 Å². The van der Waals surface area contributed by atoms with Gasteiger partial charge in [-0.2, -0.15) is 5.10 Å². The minimum absolute atomic E-state index is 0.551. The Kier molecular flexibility index (Phi) is 4.22. The maximum atomic E-state index is 5.21. The van der Waals surface area contributed by atoms with Gasteiger partial charge in [0.2, 0.25) is 0 Å². The predicted octanol–water partition coefficient (Wildman–Crippen LogP) is 1.88. The minimum Gasteiger partial charge on any atom is -0.497 e. The number of nitrogens with one attached hydrogen (secondary N) is 2. The highest BCUT2D eigenvalue weighted by molar-refractivity contribution is 5.63. The van der Waals surface area contributed by atoms with Crippen molar-refractivity contribution in [1.82, 2.24) is 20.4 Å². The van der Waals surface area contributed by atoms with Crippen molar-refractivity contribution in [3.05, 3.63) is 36.0 Å². The molecule has 1 fully saturated rings. The molecule has 1 atom stereocenters. The molecule has 1 aromatic heterocycles. The third kappa shape index (κ3) is 3.25. The molecule has 3 rings (SSSR count). The Morgan fingerprint density at radius 1 is 1.33 bits per heavy atom. The number of aromatic nitrogens is 2. The van der Waals surface area contributed by atoms with Gasteiger partial charge in [-0.05, 0) is 31.2 Å². The quantitative estimate of drug-likeness (QED) is 0.901. The van der Waals surface area contributed by atoms with E-state index in [2.05, 4.69) is 39.5 Å².